The number of rotatable bonds is 8. The average molecular weight is 288 g/mol. The van der Waals surface area contributed by atoms with Gasteiger partial charge in [-0.05, 0) is 25.1 Å². The maximum absolute atomic E-state index is 12.4. The second kappa shape index (κ2) is 7.07. The molecule has 0 saturated heterocycles. The summed E-state index contributed by atoms with van der Waals surface area (Å²) in [5.74, 6) is 0.960. The molecule has 0 bridgehead atoms. The molecule has 0 radical (unpaired) electrons. The number of nitrogens with zero attached hydrogens (tertiary/aromatic N) is 1. The molecule has 5 nitrogen and oxygen atoms in total. The van der Waals surface area contributed by atoms with Crippen molar-refractivity contribution in [3.63, 3.8) is 0 Å². The molecule has 1 aromatic heterocycles. The van der Waals surface area contributed by atoms with Crippen LogP contribution in [-0.2, 0) is 16.6 Å². The zero-order chi connectivity index (χ0) is 14.5. The monoisotopic (exact) mass is 288 g/mol. The van der Waals surface area contributed by atoms with Gasteiger partial charge in [0.1, 0.15) is 5.76 Å². The average Bonchev–Trinajstić information content (AvgIpc) is 2.85. The van der Waals surface area contributed by atoms with E-state index in [1.165, 1.54) is 10.4 Å². The van der Waals surface area contributed by atoms with Crippen molar-refractivity contribution >= 4 is 10.0 Å². The summed E-state index contributed by atoms with van der Waals surface area (Å²) in [6.07, 6.45) is 0.954. The molecule has 19 heavy (non-hydrogen) atoms. The fraction of sp³-hybridized carbons (Fsp3) is 0.692. The third kappa shape index (κ3) is 4.06. The topological polar surface area (TPSA) is 62.6 Å². The van der Waals surface area contributed by atoms with Crippen LogP contribution in [0.15, 0.2) is 21.6 Å². The molecule has 0 amide bonds. The van der Waals surface area contributed by atoms with Crippen molar-refractivity contribution in [3.05, 3.63) is 17.9 Å². The number of hydrogen-bond acceptors (Lipinski definition) is 4. The van der Waals surface area contributed by atoms with Crippen LogP contribution in [-0.4, -0.2) is 32.9 Å². The molecule has 1 N–H and O–H groups in total. The molecule has 110 valence electrons. The summed E-state index contributed by atoms with van der Waals surface area (Å²) in [5, 5.41) is 2.96. The maximum Gasteiger partial charge on any atom is 0.276 e. The minimum absolute atomic E-state index is 0.0305. The molecule has 0 saturated carbocycles. The van der Waals surface area contributed by atoms with Gasteiger partial charge in [-0.15, -0.1) is 0 Å². The highest BCUT2D eigenvalue weighted by molar-refractivity contribution is 7.89. The largest absolute Gasteiger partial charge is 0.447 e. The first kappa shape index (κ1) is 16.2. The second-order valence-electron chi connectivity index (χ2n) is 4.72. The van der Waals surface area contributed by atoms with Crippen molar-refractivity contribution in [2.24, 2.45) is 5.92 Å². The van der Waals surface area contributed by atoms with Crippen LogP contribution < -0.4 is 5.32 Å². The summed E-state index contributed by atoms with van der Waals surface area (Å²) >= 11 is 0. The van der Waals surface area contributed by atoms with Gasteiger partial charge >= 0.3 is 0 Å². The van der Waals surface area contributed by atoms with Crippen LogP contribution in [0.3, 0.4) is 0 Å². The van der Waals surface area contributed by atoms with Gasteiger partial charge in [0.2, 0.25) is 5.09 Å². The van der Waals surface area contributed by atoms with Gasteiger partial charge in [-0.3, -0.25) is 0 Å². The number of hydrogen-bond donors (Lipinski definition) is 1. The minimum Gasteiger partial charge on any atom is -0.447 e. The Balaban J connectivity index is 2.92. The molecule has 0 aliphatic carbocycles. The normalized spacial score (nSPS) is 13.9. The molecule has 0 spiro atoms. The van der Waals surface area contributed by atoms with Crippen LogP contribution in [0.1, 0.15) is 33.0 Å². The van der Waals surface area contributed by atoms with Crippen molar-refractivity contribution in [3.8, 4) is 0 Å². The van der Waals surface area contributed by atoms with Gasteiger partial charge in [0.15, 0.2) is 0 Å². The van der Waals surface area contributed by atoms with Crippen LogP contribution >= 0.6 is 0 Å². The molecule has 0 fully saturated rings. The Morgan fingerprint density at radius 3 is 2.58 bits per heavy atom. The van der Waals surface area contributed by atoms with Gasteiger partial charge in [-0.1, -0.05) is 27.2 Å². The lowest BCUT2D eigenvalue weighted by atomic mass is 10.1. The summed E-state index contributed by atoms with van der Waals surface area (Å²) < 4.78 is 31.8. The third-order valence-electron chi connectivity index (χ3n) is 3.15. The first-order chi connectivity index (χ1) is 8.95. The Morgan fingerprint density at radius 1 is 1.37 bits per heavy atom. The first-order valence-corrected chi connectivity index (χ1v) is 8.13. The summed E-state index contributed by atoms with van der Waals surface area (Å²) in [6, 6.07) is 3.22. The van der Waals surface area contributed by atoms with Crippen LogP contribution in [0.5, 0.6) is 0 Å². The Hall–Kier alpha value is -0.850. The zero-order valence-electron chi connectivity index (χ0n) is 12.1. The maximum atomic E-state index is 12.4. The van der Waals surface area contributed by atoms with E-state index in [9.17, 15) is 8.42 Å². The highest BCUT2D eigenvalue weighted by Gasteiger charge is 2.27. The zero-order valence-corrected chi connectivity index (χ0v) is 13.0. The predicted octanol–water partition coefficient (Wildman–Crippen LogP) is 2.06. The Bertz CT molecular complexity index is 482. The Morgan fingerprint density at radius 2 is 2.05 bits per heavy atom. The van der Waals surface area contributed by atoms with Crippen LogP contribution in [0, 0.1) is 5.92 Å². The smallest absolute Gasteiger partial charge is 0.276 e. The molecular weight excluding hydrogens is 264 g/mol. The van der Waals surface area contributed by atoms with E-state index in [1.807, 2.05) is 13.8 Å². The lowest BCUT2D eigenvalue weighted by molar-refractivity contribution is 0.339. The predicted molar refractivity (Wildman–Crippen MR) is 75.4 cm³/mol. The van der Waals surface area contributed by atoms with Gasteiger partial charge in [0, 0.05) is 13.1 Å². The van der Waals surface area contributed by atoms with E-state index in [2.05, 4.69) is 12.2 Å². The summed E-state index contributed by atoms with van der Waals surface area (Å²) in [6.45, 7) is 7.45. The second-order valence-corrected chi connectivity index (χ2v) is 6.59. The first-order valence-electron chi connectivity index (χ1n) is 6.69. The molecule has 1 rings (SSSR count). The molecule has 1 atom stereocenters. The van der Waals surface area contributed by atoms with Crippen molar-refractivity contribution in [2.75, 3.05) is 20.1 Å². The van der Waals surface area contributed by atoms with E-state index < -0.39 is 10.0 Å². The van der Waals surface area contributed by atoms with Crippen molar-refractivity contribution < 1.29 is 12.8 Å². The number of nitrogens with one attached hydrogen (secondary N) is 1. The fourth-order valence-electron chi connectivity index (χ4n) is 1.77. The van der Waals surface area contributed by atoms with E-state index >= 15 is 0 Å². The van der Waals surface area contributed by atoms with E-state index in [1.54, 1.807) is 13.1 Å². The highest BCUT2D eigenvalue weighted by Crippen LogP contribution is 2.20. The molecule has 1 heterocycles. The lowest BCUT2D eigenvalue weighted by Gasteiger charge is -2.22. The summed E-state index contributed by atoms with van der Waals surface area (Å²) in [7, 11) is -1.73. The lowest BCUT2D eigenvalue weighted by Crippen LogP contribution is -2.34. The molecule has 0 aromatic carbocycles. The highest BCUT2D eigenvalue weighted by atomic mass is 32.2. The van der Waals surface area contributed by atoms with Crippen molar-refractivity contribution in [1.82, 2.24) is 9.62 Å². The molecule has 0 aliphatic rings. The van der Waals surface area contributed by atoms with Gasteiger partial charge in [-0.2, -0.15) is 4.31 Å². The fourth-order valence-corrected chi connectivity index (χ4v) is 3.26. The minimum atomic E-state index is -3.51. The molecule has 6 heteroatoms. The summed E-state index contributed by atoms with van der Waals surface area (Å²) in [4.78, 5) is 0. The van der Waals surface area contributed by atoms with Gasteiger partial charge in [-0.25, -0.2) is 8.42 Å². The molecular formula is C13H24N2O3S. The van der Waals surface area contributed by atoms with E-state index in [0.717, 1.165) is 6.42 Å². The van der Waals surface area contributed by atoms with Crippen LogP contribution in [0.2, 0.25) is 0 Å². The Labute approximate surface area is 116 Å². The molecule has 1 aromatic rings. The van der Waals surface area contributed by atoms with Gasteiger partial charge in [0.05, 0.1) is 6.54 Å². The van der Waals surface area contributed by atoms with Gasteiger partial charge < -0.3 is 9.73 Å². The van der Waals surface area contributed by atoms with E-state index in [0.29, 0.717) is 31.3 Å². The SMILES string of the molecule is CCC(C)CN(CC)S(=O)(=O)c1ccc(CNC)o1. The quantitative estimate of drug-likeness (QED) is 0.795. The standard InChI is InChI=1S/C13H24N2O3S/c1-5-11(3)10-15(6-2)19(16,17)13-8-7-12(18-13)9-14-4/h7-8,11,14H,5-6,9-10H2,1-4H3. The van der Waals surface area contributed by atoms with Crippen LogP contribution in [0.4, 0.5) is 0 Å². The molecule has 0 aliphatic heterocycles. The van der Waals surface area contributed by atoms with Crippen molar-refractivity contribution in [2.45, 2.75) is 38.8 Å². The van der Waals surface area contributed by atoms with E-state index in [-0.39, 0.29) is 5.09 Å². The molecule has 1 unspecified atom stereocenters. The van der Waals surface area contributed by atoms with Crippen molar-refractivity contribution in [1.29, 1.82) is 0 Å². The number of sulfonamides is 1. The Kier molecular flexibility index (Phi) is 6.03. The third-order valence-corrected chi connectivity index (χ3v) is 4.96. The van der Waals surface area contributed by atoms with E-state index in [4.69, 9.17) is 4.42 Å². The van der Waals surface area contributed by atoms with Gasteiger partial charge in [0.25, 0.3) is 10.0 Å². The van der Waals surface area contributed by atoms with Crippen LogP contribution in [0.25, 0.3) is 0 Å². The number of furan rings is 1. The summed E-state index contributed by atoms with van der Waals surface area (Å²) in [5.41, 5.74) is 0.